The van der Waals surface area contributed by atoms with Crippen LogP contribution < -0.4 is 10.1 Å². The number of nitrogens with one attached hydrogen (secondary N) is 1. The average molecular weight is 260 g/mol. The SMILES string of the molecule is COc1ccc(-c2nc(C3CCCN3)cs2)cc1. The van der Waals surface area contributed by atoms with Crippen molar-refractivity contribution in [3.63, 3.8) is 0 Å². The van der Waals surface area contributed by atoms with Crippen LogP contribution in [0.1, 0.15) is 24.6 Å². The second-order valence-corrected chi connectivity index (χ2v) is 5.31. The molecular weight excluding hydrogens is 244 g/mol. The van der Waals surface area contributed by atoms with Crippen molar-refractivity contribution in [2.45, 2.75) is 18.9 Å². The molecule has 2 aromatic rings. The lowest BCUT2D eigenvalue weighted by Gasteiger charge is -2.05. The zero-order valence-corrected chi connectivity index (χ0v) is 11.2. The molecule has 3 nitrogen and oxygen atoms in total. The van der Waals surface area contributed by atoms with Crippen LogP contribution in [-0.2, 0) is 0 Å². The summed E-state index contributed by atoms with van der Waals surface area (Å²) in [5.41, 5.74) is 2.34. The molecule has 4 heteroatoms. The fourth-order valence-electron chi connectivity index (χ4n) is 2.25. The summed E-state index contributed by atoms with van der Waals surface area (Å²) in [6.45, 7) is 1.11. The third kappa shape index (κ3) is 2.26. The Bertz CT molecular complexity index is 515. The molecule has 1 saturated heterocycles. The second-order valence-electron chi connectivity index (χ2n) is 4.45. The van der Waals surface area contributed by atoms with Crippen LogP contribution in [0.15, 0.2) is 29.6 Å². The van der Waals surface area contributed by atoms with Crippen LogP contribution in [0.3, 0.4) is 0 Å². The van der Waals surface area contributed by atoms with E-state index < -0.39 is 0 Å². The normalized spacial score (nSPS) is 19.1. The molecule has 0 bridgehead atoms. The lowest BCUT2D eigenvalue weighted by atomic mass is 10.2. The number of thiazole rings is 1. The zero-order valence-electron chi connectivity index (χ0n) is 10.3. The second kappa shape index (κ2) is 5.08. The number of hydrogen-bond acceptors (Lipinski definition) is 4. The molecule has 0 spiro atoms. The molecule has 1 N–H and O–H groups in total. The van der Waals surface area contributed by atoms with Gasteiger partial charge in [-0.3, -0.25) is 0 Å². The van der Waals surface area contributed by atoms with Gasteiger partial charge in [-0.2, -0.15) is 0 Å². The minimum absolute atomic E-state index is 0.452. The highest BCUT2D eigenvalue weighted by molar-refractivity contribution is 7.13. The molecule has 0 saturated carbocycles. The molecule has 0 radical (unpaired) electrons. The molecule has 3 rings (SSSR count). The van der Waals surface area contributed by atoms with Crippen molar-refractivity contribution in [3.8, 4) is 16.3 Å². The highest BCUT2D eigenvalue weighted by Gasteiger charge is 2.19. The van der Waals surface area contributed by atoms with E-state index in [1.54, 1.807) is 18.4 Å². The highest BCUT2D eigenvalue weighted by Crippen LogP contribution is 2.30. The Labute approximate surface area is 111 Å². The summed E-state index contributed by atoms with van der Waals surface area (Å²) in [6.07, 6.45) is 2.45. The van der Waals surface area contributed by atoms with Crippen molar-refractivity contribution in [3.05, 3.63) is 35.3 Å². The van der Waals surface area contributed by atoms with Crippen LogP contribution in [0.2, 0.25) is 0 Å². The van der Waals surface area contributed by atoms with E-state index in [0.29, 0.717) is 6.04 Å². The Morgan fingerprint density at radius 1 is 1.33 bits per heavy atom. The predicted octanol–water partition coefficient (Wildman–Crippen LogP) is 3.24. The number of methoxy groups -OCH3 is 1. The van der Waals surface area contributed by atoms with Gasteiger partial charge in [-0.1, -0.05) is 0 Å². The fourth-order valence-corrected chi connectivity index (χ4v) is 3.13. The summed E-state index contributed by atoms with van der Waals surface area (Å²) >= 11 is 1.71. The first-order valence-electron chi connectivity index (χ1n) is 6.20. The van der Waals surface area contributed by atoms with Gasteiger partial charge in [-0.25, -0.2) is 4.98 Å². The van der Waals surface area contributed by atoms with Crippen molar-refractivity contribution in [1.29, 1.82) is 0 Å². The summed E-state index contributed by atoms with van der Waals surface area (Å²) < 4.78 is 5.16. The number of aromatic nitrogens is 1. The van der Waals surface area contributed by atoms with Crippen LogP contribution >= 0.6 is 11.3 Å². The first-order chi connectivity index (χ1) is 8.86. The van der Waals surface area contributed by atoms with E-state index in [2.05, 4.69) is 22.8 Å². The van der Waals surface area contributed by atoms with Crippen molar-refractivity contribution in [1.82, 2.24) is 10.3 Å². The molecule has 0 aliphatic carbocycles. The molecule has 2 heterocycles. The number of ether oxygens (including phenoxy) is 1. The first-order valence-corrected chi connectivity index (χ1v) is 7.08. The molecule has 1 aromatic carbocycles. The van der Waals surface area contributed by atoms with E-state index in [-0.39, 0.29) is 0 Å². The lowest BCUT2D eigenvalue weighted by Crippen LogP contribution is -2.12. The van der Waals surface area contributed by atoms with Gasteiger partial charge in [0.1, 0.15) is 10.8 Å². The van der Waals surface area contributed by atoms with E-state index in [9.17, 15) is 0 Å². The molecule has 1 aliphatic rings. The van der Waals surface area contributed by atoms with Crippen molar-refractivity contribution < 1.29 is 4.74 Å². The van der Waals surface area contributed by atoms with Crippen LogP contribution in [0.25, 0.3) is 10.6 Å². The summed E-state index contributed by atoms with van der Waals surface area (Å²) in [7, 11) is 1.68. The van der Waals surface area contributed by atoms with Crippen LogP contribution in [0.4, 0.5) is 0 Å². The van der Waals surface area contributed by atoms with Gasteiger partial charge < -0.3 is 10.1 Å². The molecule has 1 fully saturated rings. The Hall–Kier alpha value is -1.39. The minimum atomic E-state index is 0.452. The standard InChI is InChI=1S/C14H16N2OS/c1-17-11-6-4-10(5-7-11)14-16-13(9-18-14)12-3-2-8-15-12/h4-7,9,12,15H,2-3,8H2,1H3. The topological polar surface area (TPSA) is 34.1 Å². The van der Waals surface area contributed by atoms with Gasteiger partial charge in [0.2, 0.25) is 0 Å². The van der Waals surface area contributed by atoms with E-state index >= 15 is 0 Å². The Balaban J connectivity index is 1.82. The number of hydrogen-bond donors (Lipinski definition) is 1. The molecular formula is C14H16N2OS. The van der Waals surface area contributed by atoms with Gasteiger partial charge in [0, 0.05) is 10.9 Å². The molecule has 18 heavy (non-hydrogen) atoms. The third-order valence-corrected chi connectivity index (χ3v) is 4.19. The van der Waals surface area contributed by atoms with Crippen molar-refractivity contribution >= 4 is 11.3 Å². The number of benzene rings is 1. The van der Waals surface area contributed by atoms with Crippen molar-refractivity contribution in [2.75, 3.05) is 13.7 Å². The van der Waals surface area contributed by atoms with Gasteiger partial charge in [-0.05, 0) is 43.7 Å². The van der Waals surface area contributed by atoms with Gasteiger partial charge in [0.25, 0.3) is 0 Å². The smallest absolute Gasteiger partial charge is 0.123 e. The van der Waals surface area contributed by atoms with Crippen molar-refractivity contribution in [2.24, 2.45) is 0 Å². The van der Waals surface area contributed by atoms with Gasteiger partial charge in [-0.15, -0.1) is 11.3 Å². The summed E-state index contributed by atoms with van der Waals surface area (Å²) in [5, 5.41) is 6.73. The molecule has 94 valence electrons. The third-order valence-electron chi connectivity index (χ3n) is 3.28. The maximum atomic E-state index is 5.16. The number of rotatable bonds is 3. The van der Waals surface area contributed by atoms with E-state index in [4.69, 9.17) is 9.72 Å². The van der Waals surface area contributed by atoms with Crippen LogP contribution in [0, 0.1) is 0 Å². The Morgan fingerprint density at radius 2 is 2.17 bits per heavy atom. The summed E-state index contributed by atoms with van der Waals surface area (Å²) in [5.74, 6) is 0.882. The molecule has 1 unspecified atom stereocenters. The van der Waals surface area contributed by atoms with Gasteiger partial charge in [0.05, 0.1) is 18.8 Å². The summed E-state index contributed by atoms with van der Waals surface area (Å²) in [6, 6.07) is 8.52. The van der Waals surface area contributed by atoms with E-state index in [1.165, 1.54) is 18.5 Å². The molecule has 0 amide bonds. The zero-order chi connectivity index (χ0) is 12.4. The Morgan fingerprint density at radius 3 is 2.83 bits per heavy atom. The molecule has 1 aromatic heterocycles. The quantitative estimate of drug-likeness (QED) is 0.920. The van der Waals surface area contributed by atoms with Crippen LogP contribution in [0.5, 0.6) is 5.75 Å². The predicted molar refractivity (Wildman–Crippen MR) is 74.1 cm³/mol. The maximum absolute atomic E-state index is 5.16. The largest absolute Gasteiger partial charge is 0.497 e. The lowest BCUT2D eigenvalue weighted by molar-refractivity contribution is 0.415. The first kappa shape index (κ1) is 11.7. The van der Waals surface area contributed by atoms with Gasteiger partial charge in [0.15, 0.2) is 0 Å². The minimum Gasteiger partial charge on any atom is -0.497 e. The van der Waals surface area contributed by atoms with Gasteiger partial charge >= 0.3 is 0 Å². The molecule has 1 aliphatic heterocycles. The maximum Gasteiger partial charge on any atom is 0.123 e. The molecule has 1 atom stereocenters. The fraction of sp³-hybridized carbons (Fsp3) is 0.357. The average Bonchev–Trinajstić information content (AvgIpc) is 3.09. The van der Waals surface area contributed by atoms with Crippen LogP contribution in [-0.4, -0.2) is 18.6 Å². The number of nitrogens with zero attached hydrogens (tertiary/aromatic N) is 1. The van der Waals surface area contributed by atoms with E-state index in [0.717, 1.165) is 22.9 Å². The highest BCUT2D eigenvalue weighted by atomic mass is 32.1. The van der Waals surface area contributed by atoms with E-state index in [1.807, 2.05) is 12.1 Å². The Kier molecular flexibility index (Phi) is 3.30. The monoisotopic (exact) mass is 260 g/mol. The summed E-state index contributed by atoms with van der Waals surface area (Å²) in [4.78, 5) is 4.73.